The molecule has 0 saturated carbocycles. The summed E-state index contributed by atoms with van der Waals surface area (Å²) in [4.78, 5) is 0. The fourth-order valence-electron chi connectivity index (χ4n) is 2.71. The van der Waals surface area contributed by atoms with Gasteiger partial charge in [0, 0.05) is 33.6 Å². The Labute approximate surface area is 138 Å². The number of rotatable bonds is 3. The van der Waals surface area contributed by atoms with Gasteiger partial charge < -0.3 is 10.1 Å². The number of nitrogens with one attached hydrogen (secondary N) is 1. The molecule has 0 saturated heterocycles. The first-order chi connectivity index (χ1) is 10.1. The highest BCUT2D eigenvalue weighted by molar-refractivity contribution is 9.10. The smallest absolute Gasteiger partial charge is 0.124 e. The zero-order chi connectivity index (χ0) is 14.8. The molecule has 2 aromatic carbocycles. The Bertz CT molecular complexity index is 646. The number of hydrogen-bond acceptors (Lipinski definition) is 2. The van der Waals surface area contributed by atoms with Gasteiger partial charge in [-0.1, -0.05) is 39.7 Å². The van der Waals surface area contributed by atoms with E-state index in [0.29, 0.717) is 6.04 Å². The van der Waals surface area contributed by atoms with Crippen molar-refractivity contribution in [2.75, 3.05) is 6.61 Å². The predicted octanol–water partition coefficient (Wildman–Crippen LogP) is 5.28. The van der Waals surface area contributed by atoms with Crippen LogP contribution in [0.2, 0.25) is 5.02 Å². The lowest BCUT2D eigenvalue weighted by Crippen LogP contribution is -2.29. The summed E-state index contributed by atoms with van der Waals surface area (Å²) in [5.41, 5.74) is 2.41. The molecular weight excluding hydrogens is 350 g/mol. The minimum Gasteiger partial charge on any atom is -0.493 e. The number of halogens is 2. The van der Waals surface area contributed by atoms with Gasteiger partial charge in [-0.05, 0) is 42.8 Å². The first-order valence-corrected chi connectivity index (χ1v) is 8.24. The normalized spacial score (nSPS) is 18.7. The summed E-state index contributed by atoms with van der Waals surface area (Å²) in [6.45, 7) is 2.91. The van der Waals surface area contributed by atoms with E-state index >= 15 is 0 Å². The fraction of sp³-hybridized carbons (Fsp3) is 0.294. The van der Waals surface area contributed by atoms with Crippen molar-refractivity contribution in [3.05, 3.63) is 63.1 Å². The third-order valence-corrected chi connectivity index (χ3v) is 4.54. The molecule has 0 amide bonds. The highest BCUT2D eigenvalue weighted by atomic mass is 79.9. The molecule has 1 heterocycles. The lowest BCUT2D eigenvalue weighted by molar-refractivity contribution is 0.246. The van der Waals surface area contributed by atoms with Crippen molar-refractivity contribution in [1.29, 1.82) is 0 Å². The average Bonchev–Trinajstić information content (AvgIpc) is 2.48. The first kappa shape index (κ1) is 14.9. The molecule has 2 unspecified atom stereocenters. The van der Waals surface area contributed by atoms with Crippen LogP contribution in [-0.2, 0) is 0 Å². The van der Waals surface area contributed by atoms with E-state index in [2.05, 4.69) is 40.3 Å². The van der Waals surface area contributed by atoms with Crippen LogP contribution in [0, 0.1) is 0 Å². The molecule has 4 heteroatoms. The van der Waals surface area contributed by atoms with Crippen LogP contribution < -0.4 is 10.1 Å². The zero-order valence-electron chi connectivity index (χ0n) is 11.8. The van der Waals surface area contributed by atoms with E-state index < -0.39 is 0 Å². The number of ether oxygens (including phenoxy) is 1. The van der Waals surface area contributed by atoms with E-state index in [4.69, 9.17) is 16.3 Å². The van der Waals surface area contributed by atoms with Gasteiger partial charge in [0.1, 0.15) is 5.75 Å². The third-order valence-electron chi connectivity index (χ3n) is 3.81. The maximum absolute atomic E-state index is 6.08. The molecule has 0 bridgehead atoms. The van der Waals surface area contributed by atoms with E-state index in [1.165, 1.54) is 11.1 Å². The molecular formula is C17H17BrClNO. The minimum atomic E-state index is 0.235. The van der Waals surface area contributed by atoms with Crippen LogP contribution >= 0.6 is 27.5 Å². The molecule has 0 aliphatic carbocycles. The molecule has 2 aromatic rings. The van der Waals surface area contributed by atoms with Gasteiger partial charge in [0.15, 0.2) is 0 Å². The van der Waals surface area contributed by atoms with Gasteiger partial charge in [0.25, 0.3) is 0 Å². The van der Waals surface area contributed by atoms with Gasteiger partial charge in [-0.25, -0.2) is 0 Å². The van der Waals surface area contributed by atoms with Gasteiger partial charge in [0.2, 0.25) is 0 Å². The van der Waals surface area contributed by atoms with Crippen LogP contribution in [0.1, 0.15) is 36.6 Å². The largest absolute Gasteiger partial charge is 0.493 e. The Kier molecular flexibility index (Phi) is 4.53. The van der Waals surface area contributed by atoms with Gasteiger partial charge in [-0.2, -0.15) is 0 Å². The van der Waals surface area contributed by atoms with Crippen LogP contribution in [-0.4, -0.2) is 6.61 Å². The molecule has 110 valence electrons. The monoisotopic (exact) mass is 365 g/mol. The van der Waals surface area contributed by atoms with E-state index in [-0.39, 0.29) is 6.04 Å². The van der Waals surface area contributed by atoms with Crippen LogP contribution in [0.3, 0.4) is 0 Å². The topological polar surface area (TPSA) is 21.3 Å². The van der Waals surface area contributed by atoms with Crippen molar-refractivity contribution in [3.63, 3.8) is 0 Å². The summed E-state index contributed by atoms with van der Waals surface area (Å²) in [5.74, 6) is 0.972. The Balaban J connectivity index is 1.81. The van der Waals surface area contributed by atoms with E-state index in [9.17, 15) is 0 Å². The average molecular weight is 367 g/mol. The molecule has 0 radical (unpaired) electrons. The second kappa shape index (κ2) is 6.39. The quantitative estimate of drug-likeness (QED) is 0.798. The fourth-order valence-corrected chi connectivity index (χ4v) is 3.29. The van der Waals surface area contributed by atoms with Gasteiger partial charge in [-0.3, -0.25) is 0 Å². The van der Waals surface area contributed by atoms with E-state index in [1.807, 2.05) is 30.3 Å². The summed E-state index contributed by atoms with van der Waals surface area (Å²) in [6.07, 6.45) is 0.967. The zero-order valence-corrected chi connectivity index (χ0v) is 14.1. The van der Waals surface area contributed by atoms with Gasteiger partial charge in [0.05, 0.1) is 6.61 Å². The van der Waals surface area contributed by atoms with Crippen LogP contribution in [0.4, 0.5) is 0 Å². The van der Waals surface area contributed by atoms with Crippen LogP contribution in [0.25, 0.3) is 0 Å². The maximum atomic E-state index is 6.08. The molecule has 0 spiro atoms. The number of benzene rings is 2. The number of hydrogen-bond donors (Lipinski definition) is 1. The Morgan fingerprint density at radius 1 is 1.29 bits per heavy atom. The van der Waals surface area contributed by atoms with Crippen molar-refractivity contribution in [1.82, 2.24) is 5.32 Å². The summed E-state index contributed by atoms with van der Waals surface area (Å²) in [6, 6.07) is 14.7. The predicted molar refractivity (Wildman–Crippen MR) is 90.0 cm³/mol. The Morgan fingerprint density at radius 3 is 2.95 bits per heavy atom. The highest BCUT2D eigenvalue weighted by Crippen LogP contribution is 2.35. The van der Waals surface area contributed by atoms with Gasteiger partial charge >= 0.3 is 0 Å². The third kappa shape index (κ3) is 3.42. The second-order valence-corrected chi connectivity index (χ2v) is 6.67. The van der Waals surface area contributed by atoms with E-state index in [0.717, 1.165) is 28.3 Å². The highest BCUT2D eigenvalue weighted by Gasteiger charge is 2.23. The summed E-state index contributed by atoms with van der Waals surface area (Å²) in [7, 11) is 0. The first-order valence-electron chi connectivity index (χ1n) is 7.07. The molecule has 21 heavy (non-hydrogen) atoms. The summed E-state index contributed by atoms with van der Waals surface area (Å²) < 4.78 is 6.81. The number of fused-ring (bicyclic) bond motifs is 1. The second-order valence-electron chi connectivity index (χ2n) is 5.32. The maximum Gasteiger partial charge on any atom is 0.124 e. The molecule has 1 aliphatic rings. The van der Waals surface area contributed by atoms with Gasteiger partial charge in [-0.15, -0.1) is 0 Å². The van der Waals surface area contributed by atoms with Crippen molar-refractivity contribution >= 4 is 27.5 Å². The molecule has 1 N–H and O–H groups in total. The molecule has 0 fully saturated rings. The molecule has 2 atom stereocenters. The molecule has 0 aromatic heterocycles. The summed E-state index contributed by atoms with van der Waals surface area (Å²) in [5, 5.41) is 4.46. The summed E-state index contributed by atoms with van der Waals surface area (Å²) >= 11 is 9.62. The Morgan fingerprint density at radius 2 is 2.14 bits per heavy atom. The SMILES string of the molecule is CC(NC1CCOc2ccc(Br)cc21)c1cccc(Cl)c1. The minimum absolute atomic E-state index is 0.235. The van der Waals surface area contributed by atoms with Crippen molar-refractivity contribution in [2.45, 2.75) is 25.4 Å². The Hall–Kier alpha value is -1.03. The lowest BCUT2D eigenvalue weighted by Gasteiger charge is -2.29. The van der Waals surface area contributed by atoms with Crippen molar-refractivity contribution in [2.24, 2.45) is 0 Å². The van der Waals surface area contributed by atoms with Crippen LogP contribution in [0.15, 0.2) is 46.9 Å². The van der Waals surface area contributed by atoms with E-state index in [1.54, 1.807) is 0 Å². The molecule has 2 nitrogen and oxygen atoms in total. The van der Waals surface area contributed by atoms with Crippen molar-refractivity contribution < 1.29 is 4.74 Å². The standard InChI is InChI=1S/C17H17BrClNO/c1-11(12-3-2-4-14(19)9-12)20-16-7-8-21-17-6-5-13(18)10-15(16)17/h2-6,9-11,16,20H,7-8H2,1H3. The molecule has 3 rings (SSSR count). The van der Waals surface area contributed by atoms with Crippen molar-refractivity contribution in [3.8, 4) is 5.75 Å². The van der Waals surface area contributed by atoms with Crippen LogP contribution in [0.5, 0.6) is 5.75 Å². The molecule has 1 aliphatic heterocycles. The lowest BCUT2D eigenvalue weighted by atomic mass is 9.98.